The summed E-state index contributed by atoms with van der Waals surface area (Å²) in [7, 11) is 0. The molecule has 0 spiro atoms. The third-order valence-electron chi connectivity index (χ3n) is 6.57. The van der Waals surface area contributed by atoms with E-state index in [1.54, 1.807) is 6.07 Å². The average molecular weight is 504 g/mol. The number of alkyl halides is 3. The van der Waals surface area contributed by atoms with Gasteiger partial charge in [-0.2, -0.15) is 18.3 Å². The lowest BCUT2D eigenvalue weighted by Gasteiger charge is -2.18. The second-order valence-electron chi connectivity index (χ2n) is 9.25. The SMILES string of the molecule is [C-]#[N+]c1cccc(-n2nc(C(F)(F)F)cc2C(=O)Nc2cccc(C(CCC3CC3)c3cc[nH]c3)c2)c1. The molecule has 1 unspecified atom stereocenters. The van der Waals surface area contributed by atoms with E-state index in [0.29, 0.717) is 5.69 Å². The molecule has 188 valence electrons. The molecule has 1 atom stereocenters. The second kappa shape index (κ2) is 9.97. The van der Waals surface area contributed by atoms with Gasteiger partial charge in [0, 0.05) is 30.1 Å². The molecule has 2 heterocycles. The number of carbonyl (C=O) groups is 1. The Morgan fingerprint density at radius 1 is 1.14 bits per heavy atom. The number of rotatable bonds is 8. The fourth-order valence-corrected chi connectivity index (χ4v) is 4.49. The van der Waals surface area contributed by atoms with Gasteiger partial charge in [0.15, 0.2) is 11.4 Å². The van der Waals surface area contributed by atoms with Crippen LogP contribution in [-0.4, -0.2) is 20.7 Å². The summed E-state index contributed by atoms with van der Waals surface area (Å²) < 4.78 is 41.4. The average Bonchev–Trinajstić information content (AvgIpc) is 3.35. The van der Waals surface area contributed by atoms with Crippen molar-refractivity contribution in [3.8, 4) is 5.69 Å². The van der Waals surface area contributed by atoms with E-state index in [2.05, 4.69) is 20.2 Å². The van der Waals surface area contributed by atoms with Crippen molar-refractivity contribution >= 4 is 17.3 Å². The molecule has 0 aliphatic heterocycles. The van der Waals surface area contributed by atoms with E-state index in [-0.39, 0.29) is 23.0 Å². The van der Waals surface area contributed by atoms with Crippen molar-refractivity contribution in [3.05, 3.63) is 107 Å². The Bertz CT molecular complexity index is 1450. The van der Waals surface area contributed by atoms with Gasteiger partial charge in [0.1, 0.15) is 5.69 Å². The first-order chi connectivity index (χ1) is 17.8. The fourth-order valence-electron chi connectivity index (χ4n) is 4.49. The topological polar surface area (TPSA) is 67.1 Å². The van der Waals surface area contributed by atoms with Crippen LogP contribution in [0.1, 0.15) is 58.9 Å². The van der Waals surface area contributed by atoms with Crippen molar-refractivity contribution in [1.82, 2.24) is 14.8 Å². The van der Waals surface area contributed by atoms with E-state index in [1.807, 2.05) is 36.7 Å². The number of nitrogens with zero attached hydrogens (tertiary/aromatic N) is 3. The first kappa shape index (κ1) is 24.4. The van der Waals surface area contributed by atoms with Crippen molar-refractivity contribution in [3.63, 3.8) is 0 Å². The summed E-state index contributed by atoms with van der Waals surface area (Å²) in [6, 6.07) is 16.1. The van der Waals surface area contributed by atoms with Crippen molar-refractivity contribution in [1.29, 1.82) is 0 Å². The molecule has 6 nitrogen and oxygen atoms in total. The molecule has 37 heavy (non-hydrogen) atoms. The zero-order valence-electron chi connectivity index (χ0n) is 19.8. The Kier molecular flexibility index (Phi) is 6.57. The van der Waals surface area contributed by atoms with Crippen LogP contribution in [0.25, 0.3) is 10.5 Å². The maximum atomic E-state index is 13.5. The van der Waals surface area contributed by atoms with Crippen molar-refractivity contribution in [2.45, 2.75) is 37.8 Å². The van der Waals surface area contributed by atoms with Crippen molar-refractivity contribution in [2.24, 2.45) is 5.92 Å². The number of benzene rings is 2. The molecule has 5 rings (SSSR count). The van der Waals surface area contributed by atoms with E-state index < -0.39 is 17.8 Å². The smallest absolute Gasteiger partial charge is 0.367 e. The summed E-state index contributed by atoms with van der Waals surface area (Å²) in [5, 5.41) is 6.38. The Hall–Kier alpha value is -4.32. The molecule has 1 aliphatic carbocycles. The van der Waals surface area contributed by atoms with Gasteiger partial charge in [0.05, 0.1) is 12.3 Å². The quantitative estimate of drug-likeness (QED) is 0.247. The maximum absolute atomic E-state index is 13.5. The van der Waals surface area contributed by atoms with Gasteiger partial charge >= 0.3 is 6.18 Å². The predicted octanol–water partition coefficient (Wildman–Crippen LogP) is 7.34. The van der Waals surface area contributed by atoms with Crippen molar-refractivity contribution < 1.29 is 18.0 Å². The number of aromatic nitrogens is 3. The van der Waals surface area contributed by atoms with E-state index in [0.717, 1.165) is 40.6 Å². The van der Waals surface area contributed by atoms with Crippen LogP contribution >= 0.6 is 0 Å². The molecule has 0 radical (unpaired) electrons. The van der Waals surface area contributed by atoms with Crippen LogP contribution in [0.4, 0.5) is 24.5 Å². The van der Waals surface area contributed by atoms with E-state index in [1.165, 1.54) is 37.1 Å². The predicted molar refractivity (Wildman–Crippen MR) is 134 cm³/mol. The molecule has 9 heteroatoms. The number of nitrogens with one attached hydrogen (secondary N) is 2. The van der Waals surface area contributed by atoms with Gasteiger partial charge in [-0.1, -0.05) is 37.1 Å². The van der Waals surface area contributed by atoms with Gasteiger partial charge in [-0.3, -0.25) is 4.79 Å². The number of aromatic amines is 1. The summed E-state index contributed by atoms with van der Waals surface area (Å²) in [5.74, 6) is 0.181. The van der Waals surface area contributed by atoms with Crippen LogP contribution in [0.2, 0.25) is 0 Å². The highest BCUT2D eigenvalue weighted by Gasteiger charge is 2.36. The second-order valence-corrected chi connectivity index (χ2v) is 9.25. The summed E-state index contributed by atoms with van der Waals surface area (Å²) in [5.41, 5.74) is 1.59. The molecule has 2 aromatic heterocycles. The first-order valence-corrected chi connectivity index (χ1v) is 12.0. The van der Waals surface area contributed by atoms with Crippen LogP contribution < -0.4 is 5.32 Å². The Morgan fingerprint density at radius 3 is 2.65 bits per heavy atom. The summed E-state index contributed by atoms with van der Waals surface area (Å²) in [6.07, 6.45) is 3.74. The third-order valence-corrected chi connectivity index (χ3v) is 6.57. The number of H-pyrrole nitrogens is 1. The van der Waals surface area contributed by atoms with Gasteiger partial charge in [-0.25, -0.2) is 9.53 Å². The molecule has 4 aromatic rings. The number of amides is 1. The highest BCUT2D eigenvalue weighted by atomic mass is 19.4. The Balaban J connectivity index is 1.44. The van der Waals surface area contributed by atoms with Gasteiger partial charge < -0.3 is 10.3 Å². The monoisotopic (exact) mass is 503 g/mol. The lowest BCUT2D eigenvalue weighted by molar-refractivity contribution is -0.141. The fraction of sp³-hybridized carbons (Fsp3) is 0.250. The van der Waals surface area contributed by atoms with Crippen LogP contribution in [0, 0.1) is 12.5 Å². The molecule has 0 saturated heterocycles. The zero-order chi connectivity index (χ0) is 26.0. The van der Waals surface area contributed by atoms with Gasteiger partial charge in [0.25, 0.3) is 5.91 Å². The van der Waals surface area contributed by atoms with Crippen LogP contribution in [0.5, 0.6) is 0 Å². The van der Waals surface area contributed by atoms with Crippen molar-refractivity contribution in [2.75, 3.05) is 5.32 Å². The lowest BCUT2D eigenvalue weighted by Crippen LogP contribution is -2.17. The number of hydrogen-bond acceptors (Lipinski definition) is 2. The molecule has 1 amide bonds. The molecule has 1 fully saturated rings. The van der Waals surface area contributed by atoms with Gasteiger partial charge in [-0.15, -0.1) is 0 Å². The summed E-state index contributed by atoms with van der Waals surface area (Å²) >= 11 is 0. The molecule has 2 N–H and O–H groups in total. The third kappa shape index (κ3) is 5.59. The van der Waals surface area contributed by atoms with Crippen LogP contribution in [-0.2, 0) is 6.18 Å². The lowest BCUT2D eigenvalue weighted by atomic mass is 9.88. The molecule has 2 aromatic carbocycles. The standard InChI is InChI=1S/C28H24F3N5O/c1-32-21-5-3-7-23(15-21)36-25(16-26(35-36)28(29,30)31)27(37)34-22-6-2-4-19(14-22)24(11-10-18-8-9-18)20-12-13-33-17-20/h2-7,12-18,24,33H,8-11H2,(H,34,37). The summed E-state index contributed by atoms with van der Waals surface area (Å²) in [4.78, 5) is 19.7. The molecular weight excluding hydrogens is 479 g/mol. The number of hydrogen-bond donors (Lipinski definition) is 2. The minimum absolute atomic E-state index is 0.141. The normalized spacial score (nSPS) is 14.2. The van der Waals surface area contributed by atoms with E-state index in [4.69, 9.17) is 6.57 Å². The number of halogens is 3. The van der Waals surface area contributed by atoms with Gasteiger partial charge in [-0.05, 0) is 60.2 Å². The van der Waals surface area contributed by atoms with Crippen LogP contribution in [0.3, 0.4) is 0 Å². The Labute approximate surface area is 212 Å². The van der Waals surface area contributed by atoms with Gasteiger partial charge in [0.2, 0.25) is 0 Å². The minimum atomic E-state index is -4.73. The maximum Gasteiger partial charge on any atom is 0.435 e. The van der Waals surface area contributed by atoms with E-state index in [9.17, 15) is 18.0 Å². The minimum Gasteiger partial charge on any atom is -0.367 e. The van der Waals surface area contributed by atoms with E-state index >= 15 is 0 Å². The largest absolute Gasteiger partial charge is 0.435 e. The highest BCUT2D eigenvalue weighted by Crippen LogP contribution is 2.39. The molecule has 1 saturated carbocycles. The zero-order valence-corrected chi connectivity index (χ0v) is 19.8. The number of carbonyl (C=O) groups excluding carboxylic acids is 1. The molecular formula is C28H24F3N5O. The van der Waals surface area contributed by atoms with Crippen LogP contribution in [0.15, 0.2) is 73.1 Å². The Morgan fingerprint density at radius 2 is 1.95 bits per heavy atom. The number of anilines is 1. The highest BCUT2D eigenvalue weighted by molar-refractivity contribution is 6.03. The molecule has 0 bridgehead atoms. The first-order valence-electron chi connectivity index (χ1n) is 12.0. The summed E-state index contributed by atoms with van der Waals surface area (Å²) in [6.45, 7) is 7.19. The molecule has 1 aliphatic rings.